The Labute approximate surface area is 119 Å². The molecule has 0 amide bonds. The topological polar surface area (TPSA) is 13.0 Å². The van der Waals surface area contributed by atoms with Crippen LogP contribution in [0.5, 0.6) is 0 Å². The van der Waals surface area contributed by atoms with Crippen LogP contribution in [0.2, 0.25) is 0 Å². The predicted molar refractivity (Wildman–Crippen MR) is 81.7 cm³/mol. The molecule has 0 N–H and O–H groups in total. The van der Waals surface area contributed by atoms with Crippen molar-refractivity contribution in [2.24, 2.45) is 0 Å². The molecule has 2 fully saturated rings. The molecule has 0 aliphatic carbocycles. The lowest BCUT2D eigenvalue weighted by molar-refractivity contribution is 0.0222. The van der Waals surface area contributed by atoms with Gasteiger partial charge >= 0.3 is 0 Å². The molecule has 2 heterocycles. The third-order valence-electron chi connectivity index (χ3n) is 5.23. The van der Waals surface area contributed by atoms with Gasteiger partial charge in [0.05, 0.1) is 0 Å². The molecule has 2 saturated heterocycles. The van der Waals surface area contributed by atoms with Gasteiger partial charge in [0.25, 0.3) is 0 Å². The molecule has 0 aromatic heterocycles. The van der Waals surface area contributed by atoms with Gasteiger partial charge in [0.15, 0.2) is 0 Å². The van der Waals surface area contributed by atoms with E-state index in [1.165, 1.54) is 65.3 Å². The van der Waals surface area contributed by atoms with E-state index in [1.807, 2.05) is 0 Å². The van der Waals surface area contributed by atoms with E-state index in [4.69, 9.17) is 0 Å². The quantitative estimate of drug-likeness (QED) is 0.742. The zero-order chi connectivity index (χ0) is 13.9. The minimum atomic E-state index is 0.356. The molecule has 0 saturated carbocycles. The summed E-state index contributed by atoms with van der Waals surface area (Å²) in [5, 5.41) is 0. The standard InChI is InChI=1S/C15H32N4/c1-5-18-10-12-19(13-11-18)7-6-15(2)14-16(3)8-9-17(15)4/h5-14H2,1-4H3. The first kappa shape index (κ1) is 15.2. The highest BCUT2D eigenvalue weighted by atomic mass is 15.3. The highest BCUT2D eigenvalue weighted by Crippen LogP contribution is 2.23. The van der Waals surface area contributed by atoms with Crippen molar-refractivity contribution in [3.8, 4) is 0 Å². The van der Waals surface area contributed by atoms with Gasteiger partial charge in [0.2, 0.25) is 0 Å². The second kappa shape index (κ2) is 6.53. The van der Waals surface area contributed by atoms with Gasteiger partial charge in [-0.15, -0.1) is 0 Å². The maximum atomic E-state index is 2.65. The normalized spacial score (nSPS) is 32.8. The Kier molecular flexibility index (Phi) is 5.23. The summed E-state index contributed by atoms with van der Waals surface area (Å²) in [5.41, 5.74) is 0.356. The minimum Gasteiger partial charge on any atom is -0.303 e. The van der Waals surface area contributed by atoms with Gasteiger partial charge in [-0.1, -0.05) is 6.92 Å². The van der Waals surface area contributed by atoms with Crippen LogP contribution in [0.15, 0.2) is 0 Å². The fourth-order valence-corrected chi connectivity index (χ4v) is 3.37. The second-order valence-electron chi connectivity index (χ2n) is 6.68. The van der Waals surface area contributed by atoms with Crippen LogP contribution in [0.1, 0.15) is 20.3 Å². The van der Waals surface area contributed by atoms with Crippen LogP contribution in [0, 0.1) is 0 Å². The summed E-state index contributed by atoms with van der Waals surface area (Å²) < 4.78 is 0. The van der Waals surface area contributed by atoms with Gasteiger partial charge in [0.1, 0.15) is 0 Å². The maximum absolute atomic E-state index is 2.65. The van der Waals surface area contributed by atoms with Gasteiger partial charge in [-0.3, -0.25) is 4.90 Å². The molecule has 0 radical (unpaired) electrons. The first-order valence-corrected chi connectivity index (χ1v) is 7.88. The molecule has 2 rings (SSSR count). The average molecular weight is 268 g/mol. The molecular formula is C15H32N4. The number of nitrogens with zero attached hydrogens (tertiary/aromatic N) is 4. The lowest BCUT2D eigenvalue weighted by atomic mass is 9.92. The van der Waals surface area contributed by atoms with Crippen molar-refractivity contribution in [1.82, 2.24) is 19.6 Å². The van der Waals surface area contributed by atoms with Gasteiger partial charge < -0.3 is 14.7 Å². The van der Waals surface area contributed by atoms with Crippen molar-refractivity contribution in [2.75, 3.05) is 73.0 Å². The van der Waals surface area contributed by atoms with Crippen LogP contribution in [0.25, 0.3) is 0 Å². The highest BCUT2D eigenvalue weighted by molar-refractivity contribution is 4.92. The Bertz CT molecular complexity index is 275. The Hall–Kier alpha value is -0.160. The van der Waals surface area contributed by atoms with E-state index in [0.717, 1.165) is 0 Å². The van der Waals surface area contributed by atoms with E-state index in [2.05, 4.69) is 47.5 Å². The lowest BCUT2D eigenvalue weighted by Crippen LogP contribution is -2.59. The fraction of sp³-hybridized carbons (Fsp3) is 1.00. The zero-order valence-corrected chi connectivity index (χ0v) is 13.4. The van der Waals surface area contributed by atoms with Gasteiger partial charge in [-0.05, 0) is 34.0 Å². The smallest absolute Gasteiger partial charge is 0.0317 e. The van der Waals surface area contributed by atoms with Crippen LogP contribution in [0.3, 0.4) is 0 Å². The van der Waals surface area contributed by atoms with Crippen LogP contribution >= 0.6 is 0 Å². The first-order valence-electron chi connectivity index (χ1n) is 7.88. The number of rotatable bonds is 4. The predicted octanol–water partition coefficient (Wildman–Crippen LogP) is 0.650. The monoisotopic (exact) mass is 268 g/mol. The second-order valence-corrected chi connectivity index (χ2v) is 6.68. The number of hydrogen-bond donors (Lipinski definition) is 0. The molecule has 0 spiro atoms. The Balaban J connectivity index is 1.78. The molecular weight excluding hydrogens is 236 g/mol. The van der Waals surface area contributed by atoms with E-state index in [-0.39, 0.29) is 0 Å². The molecule has 2 aliphatic rings. The molecule has 19 heavy (non-hydrogen) atoms. The zero-order valence-electron chi connectivity index (χ0n) is 13.4. The molecule has 1 unspecified atom stereocenters. The lowest BCUT2D eigenvalue weighted by Gasteiger charge is -2.47. The molecule has 0 aromatic rings. The van der Waals surface area contributed by atoms with Gasteiger partial charge in [-0.25, -0.2) is 0 Å². The third kappa shape index (κ3) is 3.91. The van der Waals surface area contributed by atoms with Crippen LogP contribution in [-0.4, -0.2) is 98.1 Å². The number of hydrogen-bond acceptors (Lipinski definition) is 4. The molecule has 4 nitrogen and oxygen atoms in total. The fourth-order valence-electron chi connectivity index (χ4n) is 3.37. The number of likely N-dealkylation sites (N-methyl/N-ethyl adjacent to an activating group) is 3. The van der Waals surface area contributed by atoms with Gasteiger partial charge in [0, 0.05) is 57.9 Å². The molecule has 2 aliphatic heterocycles. The summed E-state index contributed by atoms with van der Waals surface area (Å²) in [6, 6.07) is 0. The molecule has 4 heteroatoms. The minimum absolute atomic E-state index is 0.356. The average Bonchev–Trinajstić information content (AvgIpc) is 2.42. The first-order chi connectivity index (χ1) is 9.03. The van der Waals surface area contributed by atoms with E-state index < -0.39 is 0 Å². The highest BCUT2D eigenvalue weighted by Gasteiger charge is 2.34. The van der Waals surface area contributed by atoms with Gasteiger partial charge in [-0.2, -0.15) is 0 Å². The summed E-state index contributed by atoms with van der Waals surface area (Å²) in [6.07, 6.45) is 1.29. The SMILES string of the molecule is CCN1CCN(CCC2(C)CN(C)CCN2C)CC1. The van der Waals surface area contributed by atoms with E-state index in [1.54, 1.807) is 0 Å². The summed E-state index contributed by atoms with van der Waals surface area (Å²) in [7, 11) is 4.55. The molecule has 0 aromatic carbocycles. The number of piperazine rings is 2. The largest absolute Gasteiger partial charge is 0.303 e. The van der Waals surface area contributed by atoms with Crippen LogP contribution < -0.4 is 0 Å². The Morgan fingerprint density at radius 1 is 0.895 bits per heavy atom. The summed E-state index contributed by atoms with van der Waals surface area (Å²) in [4.78, 5) is 10.3. The summed E-state index contributed by atoms with van der Waals surface area (Å²) in [6.45, 7) is 15.8. The summed E-state index contributed by atoms with van der Waals surface area (Å²) in [5.74, 6) is 0. The van der Waals surface area contributed by atoms with Crippen molar-refractivity contribution in [1.29, 1.82) is 0 Å². The maximum Gasteiger partial charge on any atom is 0.0317 e. The van der Waals surface area contributed by atoms with Crippen LogP contribution in [-0.2, 0) is 0 Å². The van der Waals surface area contributed by atoms with E-state index in [9.17, 15) is 0 Å². The van der Waals surface area contributed by atoms with E-state index in [0.29, 0.717) is 5.54 Å². The van der Waals surface area contributed by atoms with Crippen molar-refractivity contribution >= 4 is 0 Å². The van der Waals surface area contributed by atoms with Crippen molar-refractivity contribution in [3.63, 3.8) is 0 Å². The van der Waals surface area contributed by atoms with Crippen molar-refractivity contribution < 1.29 is 0 Å². The van der Waals surface area contributed by atoms with Crippen molar-refractivity contribution in [2.45, 2.75) is 25.8 Å². The van der Waals surface area contributed by atoms with Crippen molar-refractivity contribution in [3.05, 3.63) is 0 Å². The molecule has 112 valence electrons. The Morgan fingerprint density at radius 2 is 1.53 bits per heavy atom. The molecule has 0 bridgehead atoms. The van der Waals surface area contributed by atoms with Crippen LogP contribution in [0.4, 0.5) is 0 Å². The molecule has 1 atom stereocenters. The third-order valence-corrected chi connectivity index (χ3v) is 5.23. The van der Waals surface area contributed by atoms with E-state index >= 15 is 0 Å². The Morgan fingerprint density at radius 3 is 2.16 bits per heavy atom. The summed E-state index contributed by atoms with van der Waals surface area (Å²) >= 11 is 0.